The van der Waals surface area contributed by atoms with Crippen LogP contribution in [0.5, 0.6) is 0 Å². The van der Waals surface area contributed by atoms with Gasteiger partial charge in [0, 0.05) is 26.8 Å². The summed E-state index contributed by atoms with van der Waals surface area (Å²) in [6.07, 6.45) is 6.79. The summed E-state index contributed by atoms with van der Waals surface area (Å²) in [6.45, 7) is 2.12. The average Bonchev–Trinajstić information content (AvgIpc) is 2.76. The second-order valence-electron chi connectivity index (χ2n) is 5.43. The second-order valence-corrected chi connectivity index (χ2v) is 7.29. The smallest absolute Gasteiger partial charge is 0.0591 e. The number of hydrogen-bond donors (Lipinski definition) is 1. The fourth-order valence-corrected chi connectivity index (χ4v) is 4.74. The molecule has 1 fully saturated rings. The summed E-state index contributed by atoms with van der Waals surface area (Å²) < 4.78 is 1.17. The van der Waals surface area contributed by atoms with Gasteiger partial charge < -0.3 is 5.73 Å². The molecule has 102 valence electrons. The highest BCUT2D eigenvalue weighted by Gasteiger charge is 2.28. The van der Waals surface area contributed by atoms with Crippen LogP contribution in [0.2, 0.25) is 0 Å². The summed E-state index contributed by atoms with van der Waals surface area (Å²) in [5, 5.41) is 2.15. The highest BCUT2D eigenvalue weighted by molar-refractivity contribution is 9.10. The average molecular weight is 331 g/mol. The van der Waals surface area contributed by atoms with Crippen LogP contribution in [0.4, 0.5) is 0 Å². The van der Waals surface area contributed by atoms with Crippen LogP contribution < -0.4 is 5.73 Å². The molecule has 0 aromatic carbocycles. The zero-order valence-corrected chi connectivity index (χ0v) is 13.6. The van der Waals surface area contributed by atoms with E-state index in [1.54, 1.807) is 0 Å². The lowest BCUT2D eigenvalue weighted by Gasteiger charge is -2.38. The summed E-state index contributed by atoms with van der Waals surface area (Å²) in [6, 6.07) is 3.44. The van der Waals surface area contributed by atoms with Gasteiger partial charge in [0.1, 0.15) is 0 Å². The Morgan fingerprint density at radius 2 is 2.06 bits per heavy atom. The number of halogens is 1. The van der Waals surface area contributed by atoms with Crippen LogP contribution >= 0.6 is 27.3 Å². The van der Waals surface area contributed by atoms with E-state index in [9.17, 15) is 0 Å². The zero-order valence-electron chi connectivity index (χ0n) is 11.2. The number of hydrogen-bond acceptors (Lipinski definition) is 3. The third-order valence-corrected chi connectivity index (χ3v) is 5.73. The Morgan fingerprint density at radius 3 is 2.56 bits per heavy atom. The molecule has 18 heavy (non-hydrogen) atoms. The third-order valence-electron chi connectivity index (χ3n) is 3.97. The molecule has 1 aliphatic carbocycles. The fraction of sp³-hybridized carbons (Fsp3) is 0.714. The first-order valence-electron chi connectivity index (χ1n) is 6.81. The van der Waals surface area contributed by atoms with Crippen molar-refractivity contribution in [2.75, 3.05) is 7.05 Å². The Hall–Kier alpha value is 0.1000. The van der Waals surface area contributed by atoms with Gasteiger partial charge in [-0.3, -0.25) is 4.90 Å². The van der Waals surface area contributed by atoms with Gasteiger partial charge in [0.25, 0.3) is 0 Å². The van der Waals surface area contributed by atoms with Crippen molar-refractivity contribution in [2.45, 2.75) is 57.2 Å². The van der Waals surface area contributed by atoms with Gasteiger partial charge in [-0.05, 0) is 48.8 Å². The van der Waals surface area contributed by atoms with E-state index < -0.39 is 0 Å². The lowest BCUT2D eigenvalue weighted by molar-refractivity contribution is 0.125. The summed E-state index contributed by atoms with van der Waals surface area (Å²) in [7, 11) is 2.25. The lowest BCUT2D eigenvalue weighted by Crippen LogP contribution is -2.43. The van der Waals surface area contributed by atoms with Gasteiger partial charge >= 0.3 is 0 Å². The van der Waals surface area contributed by atoms with E-state index >= 15 is 0 Å². The second kappa shape index (κ2) is 6.51. The molecule has 1 aliphatic rings. The van der Waals surface area contributed by atoms with Crippen molar-refractivity contribution in [3.05, 3.63) is 20.8 Å². The Balaban J connectivity index is 2.13. The Morgan fingerprint density at radius 1 is 1.39 bits per heavy atom. The largest absolute Gasteiger partial charge is 0.326 e. The molecule has 0 saturated heterocycles. The fourth-order valence-electron chi connectivity index (χ4n) is 3.03. The first-order valence-corrected chi connectivity index (χ1v) is 8.48. The monoisotopic (exact) mass is 330 g/mol. The Bertz CT molecular complexity index is 372. The van der Waals surface area contributed by atoms with Crippen LogP contribution in [-0.4, -0.2) is 24.0 Å². The quantitative estimate of drug-likeness (QED) is 0.897. The van der Waals surface area contributed by atoms with Gasteiger partial charge in [-0.2, -0.15) is 0 Å². The number of likely N-dealkylation sites (N-methyl/N-ethyl adjacent to an activating group) is 1. The summed E-state index contributed by atoms with van der Waals surface area (Å²) >= 11 is 5.36. The van der Waals surface area contributed by atoms with Crippen molar-refractivity contribution in [3.63, 3.8) is 0 Å². The molecule has 0 radical (unpaired) electrons. The molecule has 4 heteroatoms. The van der Waals surface area contributed by atoms with E-state index in [4.69, 9.17) is 5.73 Å². The molecular weight excluding hydrogens is 308 g/mol. The number of thiophene rings is 1. The van der Waals surface area contributed by atoms with Crippen LogP contribution in [0, 0.1) is 0 Å². The maximum absolute atomic E-state index is 6.24. The van der Waals surface area contributed by atoms with Crippen molar-refractivity contribution in [1.82, 2.24) is 4.90 Å². The molecule has 1 heterocycles. The SMILES string of the molecule is CC(N)C(c1cc(Br)cs1)N(C)C1CCCCC1. The minimum Gasteiger partial charge on any atom is -0.326 e. The molecule has 1 aromatic rings. The molecule has 1 saturated carbocycles. The Labute approximate surface area is 123 Å². The highest BCUT2D eigenvalue weighted by Crippen LogP contribution is 2.34. The molecule has 2 N–H and O–H groups in total. The number of nitrogens with zero attached hydrogens (tertiary/aromatic N) is 1. The lowest BCUT2D eigenvalue weighted by atomic mass is 9.92. The van der Waals surface area contributed by atoms with Gasteiger partial charge in [0.15, 0.2) is 0 Å². The van der Waals surface area contributed by atoms with Gasteiger partial charge in [0.05, 0.1) is 6.04 Å². The zero-order chi connectivity index (χ0) is 13.1. The minimum absolute atomic E-state index is 0.169. The summed E-state index contributed by atoms with van der Waals surface area (Å²) in [4.78, 5) is 3.90. The van der Waals surface area contributed by atoms with E-state index in [0.717, 1.165) is 0 Å². The Kier molecular flexibility index (Phi) is 5.24. The standard InChI is InChI=1S/C14H23BrN2S/c1-10(16)14(13-8-11(15)9-18-13)17(2)12-6-4-3-5-7-12/h8-10,12,14H,3-7,16H2,1-2H3. The molecule has 1 aromatic heterocycles. The molecule has 0 bridgehead atoms. The summed E-state index contributed by atoms with van der Waals surface area (Å²) in [5.41, 5.74) is 6.24. The number of nitrogens with two attached hydrogens (primary N) is 1. The first-order chi connectivity index (χ1) is 8.59. The van der Waals surface area contributed by atoms with Gasteiger partial charge in [-0.25, -0.2) is 0 Å². The molecule has 2 atom stereocenters. The van der Waals surface area contributed by atoms with E-state index in [2.05, 4.69) is 46.2 Å². The van der Waals surface area contributed by atoms with Crippen LogP contribution in [-0.2, 0) is 0 Å². The molecule has 2 unspecified atom stereocenters. The van der Waals surface area contributed by atoms with Crippen LogP contribution in [0.3, 0.4) is 0 Å². The molecule has 2 nitrogen and oxygen atoms in total. The maximum atomic E-state index is 6.24. The van der Waals surface area contributed by atoms with Crippen molar-refractivity contribution < 1.29 is 0 Å². The molecule has 0 spiro atoms. The normalized spacial score (nSPS) is 21.2. The third kappa shape index (κ3) is 3.35. The topological polar surface area (TPSA) is 29.3 Å². The van der Waals surface area contributed by atoms with Crippen LogP contribution in [0.25, 0.3) is 0 Å². The maximum Gasteiger partial charge on any atom is 0.0591 e. The van der Waals surface area contributed by atoms with E-state index in [1.807, 2.05) is 11.3 Å². The van der Waals surface area contributed by atoms with Crippen molar-refractivity contribution in [1.29, 1.82) is 0 Å². The van der Waals surface area contributed by atoms with Crippen molar-refractivity contribution >= 4 is 27.3 Å². The molecular formula is C14H23BrN2S. The first kappa shape index (κ1) is 14.5. The van der Waals surface area contributed by atoms with E-state index in [0.29, 0.717) is 12.1 Å². The van der Waals surface area contributed by atoms with Crippen molar-refractivity contribution in [2.24, 2.45) is 5.73 Å². The molecule has 0 amide bonds. The van der Waals surface area contributed by atoms with Gasteiger partial charge in [0.2, 0.25) is 0 Å². The predicted molar refractivity (Wildman–Crippen MR) is 83.0 cm³/mol. The predicted octanol–water partition coefficient (Wildman–Crippen LogP) is 4.16. The summed E-state index contributed by atoms with van der Waals surface area (Å²) in [5.74, 6) is 0. The van der Waals surface area contributed by atoms with Crippen LogP contribution in [0.1, 0.15) is 49.9 Å². The van der Waals surface area contributed by atoms with Gasteiger partial charge in [-0.1, -0.05) is 19.3 Å². The van der Waals surface area contributed by atoms with Crippen LogP contribution in [0.15, 0.2) is 15.9 Å². The number of rotatable bonds is 4. The molecule has 0 aliphatic heterocycles. The van der Waals surface area contributed by atoms with Crippen molar-refractivity contribution in [3.8, 4) is 0 Å². The van der Waals surface area contributed by atoms with Gasteiger partial charge in [-0.15, -0.1) is 11.3 Å². The molecule has 2 rings (SSSR count). The van der Waals surface area contributed by atoms with E-state index in [1.165, 1.54) is 41.5 Å². The van der Waals surface area contributed by atoms with E-state index in [-0.39, 0.29) is 6.04 Å². The minimum atomic E-state index is 0.169. The highest BCUT2D eigenvalue weighted by atomic mass is 79.9.